The van der Waals surface area contributed by atoms with Crippen LogP contribution in [0.5, 0.6) is 0 Å². The summed E-state index contributed by atoms with van der Waals surface area (Å²) in [5.74, 6) is 0. The first kappa shape index (κ1) is 9.41. The van der Waals surface area contributed by atoms with E-state index in [1.165, 1.54) is 12.1 Å². The van der Waals surface area contributed by atoms with E-state index in [2.05, 4.69) is 15.6 Å². The first-order valence-electron chi connectivity index (χ1n) is 4.14. The van der Waals surface area contributed by atoms with Crippen LogP contribution >= 0.6 is 0 Å². The number of nitro benzene ring substituents is 1. The predicted molar refractivity (Wildman–Crippen MR) is 48.6 cm³/mol. The van der Waals surface area contributed by atoms with Crippen LogP contribution in [0.1, 0.15) is 11.7 Å². The Morgan fingerprint density at radius 3 is 2.47 bits per heavy atom. The molecule has 1 atom stereocenters. The lowest BCUT2D eigenvalue weighted by Gasteiger charge is -2.06. The van der Waals surface area contributed by atoms with Crippen molar-refractivity contribution in [3.05, 3.63) is 39.9 Å². The van der Waals surface area contributed by atoms with Gasteiger partial charge >= 0.3 is 6.09 Å². The highest BCUT2D eigenvalue weighted by atomic mass is 16.7. The molecule has 0 saturated carbocycles. The second-order valence-corrected chi connectivity index (χ2v) is 2.93. The van der Waals surface area contributed by atoms with Crippen LogP contribution in [0.3, 0.4) is 0 Å². The Kier molecular flexibility index (Phi) is 2.22. The van der Waals surface area contributed by atoms with Gasteiger partial charge in [0.1, 0.15) is 6.17 Å². The van der Waals surface area contributed by atoms with Gasteiger partial charge in [0.05, 0.1) is 4.92 Å². The molecule has 1 fully saturated rings. The smallest absolute Gasteiger partial charge is 0.351 e. The first-order valence-corrected chi connectivity index (χ1v) is 4.14. The molecule has 0 radical (unpaired) electrons. The number of nitrogens with one attached hydrogen (secondary N) is 2. The highest BCUT2D eigenvalue weighted by molar-refractivity contribution is 5.69. The zero-order chi connectivity index (χ0) is 10.8. The molecule has 1 aromatic rings. The summed E-state index contributed by atoms with van der Waals surface area (Å²) in [6.07, 6.45) is -1.03. The van der Waals surface area contributed by atoms with Crippen LogP contribution in [0.2, 0.25) is 0 Å². The molecule has 0 bridgehead atoms. The number of carbonyl (C=O) groups excluding carboxylic acids is 1. The number of hydrogen-bond donors (Lipinski definition) is 2. The van der Waals surface area contributed by atoms with Gasteiger partial charge in [0.2, 0.25) is 0 Å². The van der Waals surface area contributed by atoms with Crippen LogP contribution < -0.4 is 10.8 Å². The first-order chi connectivity index (χ1) is 7.16. The topological polar surface area (TPSA) is 93.5 Å². The highest BCUT2D eigenvalue weighted by Gasteiger charge is 2.23. The molecule has 1 aromatic carbocycles. The van der Waals surface area contributed by atoms with Gasteiger partial charge in [-0.25, -0.2) is 4.79 Å². The van der Waals surface area contributed by atoms with Crippen LogP contribution in [0.25, 0.3) is 0 Å². The molecule has 1 heterocycles. The molecule has 7 heteroatoms. The maximum atomic E-state index is 10.7. The van der Waals surface area contributed by atoms with E-state index in [-0.39, 0.29) is 5.69 Å². The maximum Gasteiger partial charge on any atom is 0.427 e. The Bertz CT molecular complexity index is 403. The summed E-state index contributed by atoms with van der Waals surface area (Å²) in [5.41, 5.74) is 3.13. The number of carbonyl (C=O) groups is 1. The Morgan fingerprint density at radius 1 is 1.33 bits per heavy atom. The Balaban J connectivity index is 2.17. The zero-order valence-electron chi connectivity index (χ0n) is 7.47. The van der Waals surface area contributed by atoms with Crippen LogP contribution in [0.15, 0.2) is 24.3 Å². The van der Waals surface area contributed by atoms with Crippen LogP contribution in [0, 0.1) is 10.1 Å². The SMILES string of the molecule is O=C1N[C@@H](c2ccc([N+](=O)[O-])cc2)NO1. The second-order valence-electron chi connectivity index (χ2n) is 2.93. The van der Waals surface area contributed by atoms with Gasteiger partial charge in [-0.1, -0.05) is 0 Å². The van der Waals surface area contributed by atoms with E-state index in [1.54, 1.807) is 12.1 Å². The van der Waals surface area contributed by atoms with Crippen molar-refractivity contribution in [3.8, 4) is 0 Å². The van der Waals surface area contributed by atoms with Crippen LogP contribution in [-0.2, 0) is 4.84 Å². The molecule has 1 amide bonds. The molecular weight excluding hydrogens is 202 g/mol. The molecule has 1 saturated heterocycles. The van der Waals surface area contributed by atoms with E-state index in [4.69, 9.17) is 0 Å². The summed E-state index contributed by atoms with van der Waals surface area (Å²) in [6.45, 7) is 0. The minimum atomic E-state index is -0.571. The molecule has 2 N–H and O–H groups in total. The summed E-state index contributed by atoms with van der Waals surface area (Å²) in [6, 6.07) is 5.82. The average molecular weight is 209 g/mol. The fraction of sp³-hybridized carbons (Fsp3) is 0.125. The number of hydroxylamine groups is 1. The number of hydrogen-bond acceptors (Lipinski definition) is 5. The number of rotatable bonds is 2. The van der Waals surface area contributed by atoms with E-state index in [0.717, 1.165) is 0 Å². The third-order valence-electron chi connectivity index (χ3n) is 1.97. The van der Waals surface area contributed by atoms with Gasteiger partial charge < -0.3 is 4.84 Å². The highest BCUT2D eigenvalue weighted by Crippen LogP contribution is 2.18. The normalized spacial score (nSPS) is 19.5. The summed E-state index contributed by atoms with van der Waals surface area (Å²) in [7, 11) is 0. The lowest BCUT2D eigenvalue weighted by Crippen LogP contribution is -2.21. The second kappa shape index (κ2) is 3.54. The molecular formula is C8H7N3O4. The maximum absolute atomic E-state index is 10.7. The van der Waals surface area contributed by atoms with Crippen molar-refractivity contribution in [1.82, 2.24) is 10.8 Å². The third kappa shape index (κ3) is 1.86. The number of benzene rings is 1. The molecule has 0 aromatic heterocycles. The Morgan fingerprint density at radius 2 is 2.00 bits per heavy atom. The fourth-order valence-corrected chi connectivity index (χ4v) is 1.23. The van der Waals surface area contributed by atoms with Crippen LogP contribution in [-0.4, -0.2) is 11.0 Å². The standard InChI is InChI=1S/C8H7N3O4/c12-8-9-7(10-15-8)5-1-3-6(4-2-5)11(13)14/h1-4,7,10H,(H,9,12)/t7-/m1/s1. The van der Waals surface area contributed by atoms with Crippen molar-refractivity contribution in [3.63, 3.8) is 0 Å². The Hall–Kier alpha value is -2.15. The average Bonchev–Trinajstić information content (AvgIpc) is 2.65. The van der Waals surface area contributed by atoms with Crippen molar-refractivity contribution in [1.29, 1.82) is 0 Å². The molecule has 15 heavy (non-hydrogen) atoms. The third-order valence-corrected chi connectivity index (χ3v) is 1.97. The van der Waals surface area contributed by atoms with E-state index < -0.39 is 17.2 Å². The van der Waals surface area contributed by atoms with Gasteiger partial charge in [-0.2, -0.15) is 0 Å². The van der Waals surface area contributed by atoms with Crippen molar-refractivity contribution in [2.24, 2.45) is 0 Å². The molecule has 0 aliphatic carbocycles. The van der Waals surface area contributed by atoms with Crippen molar-refractivity contribution in [2.75, 3.05) is 0 Å². The van der Waals surface area contributed by atoms with Crippen LogP contribution in [0.4, 0.5) is 10.5 Å². The predicted octanol–water partition coefficient (Wildman–Crippen LogP) is 0.838. The van der Waals surface area contributed by atoms with E-state index in [1.807, 2.05) is 0 Å². The van der Waals surface area contributed by atoms with E-state index >= 15 is 0 Å². The lowest BCUT2D eigenvalue weighted by molar-refractivity contribution is -0.384. The number of amides is 1. The van der Waals surface area contributed by atoms with Crippen molar-refractivity contribution < 1.29 is 14.6 Å². The molecule has 1 aliphatic heterocycles. The van der Waals surface area contributed by atoms with Gasteiger partial charge in [-0.05, 0) is 17.7 Å². The van der Waals surface area contributed by atoms with Crippen molar-refractivity contribution >= 4 is 11.8 Å². The monoisotopic (exact) mass is 209 g/mol. The minimum Gasteiger partial charge on any atom is -0.351 e. The zero-order valence-corrected chi connectivity index (χ0v) is 7.47. The van der Waals surface area contributed by atoms with Gasteiger partial charge in [0, 0.05) is 12.1 Å². The molecule has 1 aliphatic rings. The number of nitrogens with zero attached hydrogens (tertiary/aromatic N) is 1. The minimum absolute atomic E-state index is 0.00370. The molecule has 2 rings (SSSR count). The molecule has 78 valence electrons. The molecule has 0 spiro atoms. The number of non-ortho nitro benzene ring substituents is 1. The quantitative estimate of drug-likeness (QED) is 0.556. The molecule has 7 nitrogen and oxygen atoms in total. The van der Waals surface area contributed by atoms with E-state index in [0.29, 0.717) is 5.56 Å². The summed E-state index contributed by atoms with van der Waals surface area (Å²) < 4.78 is 0. The van der Waals surface area contributed by atoms with Crippen molar-refractivity contribution in [2.45, 2.75) is 6.17 Å². The van der Waals surface area contributed by atoms with Gasteiger partial charge in [0.15, 0.2) is 0 Å². The largest absolute Gasteiger partial charge is 0.427 e. The summed E-state index contributed by atoms with van der Waals surface area (Å²) in [4.78, 5) is 25.1. The summed E-state index contributed by atoms with van der Waals surface area (Å²) in [5, 5.41) is 12.9. The van der Waals surface area contributed by atoms with Gasteiger partial charge in [0.25, 0.3) is 5.69 Å². The number of nitro groups is 1. The lowest BCUT2D eigenvalue weighted by atomic mass is 10.1. The van der Waals surface area contributed by atoms with E-state index in [9.17, 15) is 14.9 Å². The summed E-state index contributed by atoms with van der Waals surface area (Å²) >= 11 is 0. The van der Waals surface area contributed by atoms with Gasteiger partial charge in [-0.15, -0.1) is 5.48 Å². The fourth-order valence-electron chi connectivity index (χ4n) is 1.23. The Labute approximate surface area is 84.1 Å². The molecule has 0 unspecified atom stereocenters. The van der Waals surface area contributed by atoms with Gasteiger partial charge in [-0.3, -0.25) is 15.4 Å².